The highest BCUT2D eigenvalue weighted by atomic mass is 32.2. The van der Waals surface area contributed by atoms with Gasteiger partial charge < -0.3 is 15.0 Å². The summed E-state index contributed by atoms with van der Waals surface area (Å²) in [7, 11) is -2.30. The third kappa shape index (κ3) is 7.95. The molecule has 1 atom stereocenters. The van der Waals surface area contributed by atoms with E-state index in [1.807, 2.05) is 38.1 Å². The minimum absolute atomic E-state index is 0.107. The molecule has 37 heavy (non-hydrogen) atoms. The summed E-state index contributed by atoms with van der Waals surface area (Å²) in [6.07, 6.45) is 6.69. The summed E-state index contributed by atoms with van der Waals surface area (Å²) in [6.45, 7) is 3.63. The Morgan fingerprint density at radius 2 is 1.76 bits per heavy atom. The molecule has 1 fully saturated rings. The Morgan fingerprint density at radius 3 is 2.35 bits per heavy atom. The van der Waals surface area contributed by atoms with Crippen molar-refractivity contribution < 1.29 is 22.7 Å². The van der Waals surface area contributed by atoms with Crippen molar-refractivity contribution in [3.05, 3.63) is 59.7 Å². The van der Waals surface area contributed by atoms with E-state index in [9.17, 15) is 18.0 Å². The van der Waals surface area contributed by atoms with Crippen molar-refractivity contribution in [1.82, 2.24) is 10.2 Å². The normalized spacial score (nSPS) is 15.0. The van der Waals surface area contributed by atoms with Crippen molar-refractivity contribution in [3.63, 3.8) is 0 Å². The van der Waals surface area contributed by atoms with Gasteiger partial charge in [0.15, 0.2) is 0 Å². The number of hydrogen-bond donors (Lipinski definition) is 1. The highest BCUT2D eigenvalue weighted by Gasteiger charge is 2.32. The minimum Gasteiger partial charge on any atom is -0.497 e. The van der Waals surface area contributed by atoms with Gasteiger partial charge in [-0.05, 0) is 43.9 Å². The number of amides is 2. The molecular formula is C28H39N3O5S. The van der Waals surface area contributed by atoms with Crippen LogP contribution >= 0.6 is 0 Å². The first-order valence-corrected chi connectivity index (χ1v) is 14.7. The van der Waals surface area contributed by atoms with Crippen LogP contribution in [0.4, 0.5) is 5.69 Å². The summed E-state index contributed by atoms with van der Waals surface area (Å²) in [4.78, 5) is 28.7. The summed E-state index contributed by atoms with van der Waals surface area (Å²) in [5, 5.41) is 3.15. The molecular weight excluding hydrogens is 490 g/mol. The highest BCUT2D eigenvalue weighted by molar-refractivity contribution is 7.92. The van der Waals surface area contributed by atoms with E-state index in [-0.39, 0.29) is 18.5 Å². The molecule has 2 amide bonds. The Kier molecular flexibility index (Phi) is 9.97. The Labute approximate surface area is 221 Å². The summed E-state index contributed by atoms with van der Waals surface area (Å²) >= 11 is 0. The smallest absolute Gasteiger partial charge is 0.244 e. The van der Waals surface area contributed by atoms with Crippen molar-refractivity contribution in [2.24, 2.45) is 0 Å². The molecule has 0 heterocycles. The van der Waals surface area contributed by atoms with Gasteiger partial charge in [-0.3, -0.25) is 13.9 Å². The number of ether oxygens (including phenoxy) is 1. The molecule has 1 aliphatic rings. The van der Waals surface area contributed by atoms with Gasteiger partial charge in [0.25, 0.3) is 0 Å². The average Bonchev–Trinajstić information content (AvgIpc) is 2.88. The molecule has 0 saturated heterocycles. The number of rotatable bonds is 11. The number of methoxy groups -OCH3 is 1. The van der Waals surface area contributed by atoms with E-state index < -0.39 is 28.5 Å². The number of hydrogen-bond acceptors (Lipinski definition) is 5. The molecule has 9 heteroatoms. The zero-order valence-corrected chi connectivity index (χ0v) is 23.1. The molecule has 8 nitrogen and oxygen atoms in total. The third-order valence-corrected chi connectivity index (χ3v) is 7.97. The fraction of sp³-hybridized carbons (Fsp3) is 0.500. The minimum atomic E-state index is -3.80. The van der Waals surface area contributed by atoms with Crippen LogP contribution in [0.25, 0.3) is 0 Å². The molecule has 3 rings (SSSR count). The molecule has 2 aromatic carbocycles. The molecule has 0 aromatic heterocycles. The number of nitrogens with zero attached hydrogens (tertiary/aromatic N) is 2. The number of nitrogens with one attached hydrogen (secondary N) is 1. The van der Waals surface area contributed by atoms with Crippen molar-refractivity contribution in [2.75, 3.05) is 24.2 Å². The largest absolute Gasteiger partial charge is 0.497 e. The first-order valence-electron chi connectivity index (χ1n) is 12.9. The van der Waals surface area contributed by atoms with Crippen molar-refractivity contribution in [2.45, 2.75) is 71.0 Å². The predicted molar refractivity (Wildman–Crippen MR) is 146 cm³/mol. The van der Waals surface area contributed by atoms with Crippen LogP contribution in [0.1, 0.15) is 56.6 Å². The van der Waals surface area contributed by atoms with E-state index in [4.69, 9.17) is 4.74 Å². The summed E-state index contributed by atoms with van der Waals surface area (Å²) in [5.41, 5.74) is 2.28. The first kappa shape index (κ1) is 28.5. The number of carbonyl (C=O) groups is 2. The highest BCUT2D eigenvalue weighted by Crippen LogP contribution is 2.24. The topological polar surface area (TPSA) is 96.0 Å². The molecule has 0 spiro atoms. The van der Waals surface area contributed by atoms with Gasteiger partial charge in [0, 0.05) is 18.7 Å². The number of benzene rings is 2. The van der Waals surface area contributed by atoms with Crippen LogP contribution in [0.3, 0.4) is 0 Å². The maximum Gasteiger partial charge on any atom is 0.244 e. The first-order chi connectivity index (χ1) is 17.6. The van der Waals surface area contributed by atoms with Crippen molar-refractivity contribution in [1.29, 1.82) is 0 Å². The lowest BCUT2D eigenvalue weighted by Crippen LogP contribution is -2.53. The number of sulfonamides is 1. The van der Waals surface area contributed by atoms with Gasteiger partial charge in [0.1, 0.15) is 18.3 Å². The number of carbonyl (C=O) groups excluding carboxylic acids is 2. The van der Waals surface area contributed by atoms with Crippen LogP contribution in [-0.4, -0.2) is 57.1 Å². The van der Waals surface area contributed by atoms with Crippen LogP contribution in [0, 0.1) is 6.92 Å². The molecule has 0 radical (unpaired) electrons. The number of aryl methyl sites for hydroxylation is 1. The van der Waals surface area contributed by atoms with Crippen LogP contribution < -0.4 is 14.4 Å². The van der Waals surface area contributed by atoms with E-state index in [1.54, 1.807) is 24.3 Å². The molecule has 1 aliphatic carbocycles. The van der Waals surface area contributed by atoms with Gasteiger partial charge in [-0.1, -0.05) is 62.1 Å². The maximum atomic E-state index is 13.8. The molecule has 0 bridgehead atoms. The predicted octanol–water partition coefficient (Wildman–Crippen LogP) is 4.03. The molecule has 1 saturated carbocycles. The quantitative estimate of drug-likeness (QED) is 0.474. The lowest BCUT2D eigenvalue weighted by atomic mass is 9.95. The van der Waals surface area contributed by atoms with Crippen LogP contribution in [-0.2, 0) is 26.2 Å². The lowest BCUT2D eigenvalue weighted by Gasteiger charge is -2.34. The van der Waals surface area contributed by atoms with Gasteiger partial charge >= 0.3 is 0 Å². The second-order valence-corrected chi connectivity index (χ2v) is 11.7. The third-order valence-electron chi connectivity index (χ3n) is 6.83. The van der Waals surface area contributed by atoms with Gasteiger partial charge in [-0.25, -0.2) is 8.42 Å². The second kappa shape index (κ2) is 12.9. The Balaban J connectivity index is 1.91. The fourth-order valence-corrected chi connectivity index (χ4v) is 5.57. The standard InChI is InChI=1S/C28H39N3O5S/c1-5-26(28(33)29-23-10-7-6-8-11-23)30(19-22-16-14-21(2)15-17-22)27(32)20-31(37(4,34)35)24-12-9-13-25(18-24)36-3/h9,12-18,23,26H,5-8,10-11,19-20H2,1-4H3,(H,29,33)/t26-/m0/s1. The molecule has 2 aromatic rings. The Morgan fingerprint density at radius 1 is 1.08 bits per heavy atom. The molecule has 0 aliphatic heterocycles. The SMILES string of the molecule is CC[C@@H](C(=O)NC1CCCCC1)N(Cc1ccc(C)cc1)C(=O)CN(c1cccc(OC)c1)S(C)(=O)=O. The number of anilines is 1. The zero-order valence-electron chi connectivity index (χ0n) is 22.3. The van der Waals surface area contributed by atoms with Crippen molar-refractivity contribution in [3.8, 4) is 5.75 Å². The summed E-state index contributed by atoms with van der Waals surface area (Å²) in [5.74, 6) is -0.157. The molecule has 202 valence electrons. The van der Waals surface area contributed by atoms with Gasteiger partial charge in [-0.15, -0.1) is 0 Å². The van der Waals surface area contributed by atoms with E-state index in [0.29, 0.717) is 17.9 Å². The lowest BCUT2D eigenvalue weighted by molar-refractivity contribution is -0.140. The second-order valence-electron chi connectivity index (χ2n) is 9.75. The average molecular weight is 530 g/mol. The Bertz CT molecular complexity index is 1160. The van der Waals surface area contributed by atoms with Gasteiger partial charge in [-0.2, -0.15) is 0 Å². The van der Waals surface area contributed by atoms with E-state index in [0.717, 1.165) is 47.4 Å². The van der Waals surface area contributed by atoms with Gasteiger partial charge in [0.2, 0.25) is 21.8 Å². The Hall–Kier alpha value is -3.07. The summed E-state index contributed by atoms with van der Waals surface area (Å²) < 4.78 is 31.8. The summed E-state index contributed by atoms with van der Waals surface area (Å²) in [6, 6.07) is 13.7. The molecule has 1 N–H and O–H groups in total. The van der Waals surface area contributed by atoms with E-state index >= 15 is 0 Å². The van der Waals surface area contributed by atoms with Gasteiger partial charge in [0.05, 0.1) is 19.1 Å². The molecule has 0 unspecified atom stereocenters. The van der Waals surface area contributed by atoms with E-state index in [2.05, 4.69) is 5.32 Å². The van der Waals surface area contributed by atoms with Crippen molar-refractivity contribution >= 4 is 27.5 Å². The maximum absolute atomic E-state index is 13.8. The van der Waals surface area contributed by atoms with Crippen LogP contribution in [0.15, 0.2) is 48.5 Å². The fourth-order valence-electron chi connectivity index (χ4n) is 4.73. The van der Waals surface area contributed by atoms with E-state index in [1.165, 1.54) is 18.4 Å². The zero-order chi connectivity index (χ0) is 27.0. The monoisotopic (exact) mass is 529 g/mol. The van der Waals surface area contributed by atoms with Crippen LogP contribution in [0.2, 0.25) is 0 Å². The van der Waals surface area contributed by atoms with Crippen LogP contribution in [0.5, 0.6) is 5.75 Å².